The molecular formula is C19H16Cl2N2O3. The van der Waals surface area contributed by atoms with Gasteiger partial charge in [0, 0.05) is 21.3 Å². The zero-order valence-electron chi connectivity index (χ0n) is 14.2. The molecule has 7 heteroatoms. The summed E-state index contributed by atoms with van der Waals surface area (Å²) in [6, 6.07) is 11.8. The zero-order chi connectivity index (χ0) is 18.7. The second kappa shape index (κ2) is 7.81. The Hall–Kier alpha value is -2.50. The first kappa shape index (κ1) is 18.3. The highest BCUT2D eigenvalue weighted by Crippen LogP contribution is 2.24. The smallest absolute Gasteiger partial charge is 0.255 e. The minimum absolute atomic E-state index is 0.286. The van der Waals surface area contributed by atoms with Crippen LogP contribution in [0.4, 0.5) is 5.69 Å². The number of rotatable bonds is 5. The van der Waals surface area contributed by atoms with E-state index in [1.54, 1.807) is 42.5 Å². The van der Waals surface area contributed by atoms with Crippen molar-refractivity contribution in [3.05, 3.63) is 75.1 Å². The van der Waals surface area contributed by atoms with E-state index in [-0.39, 0.29) is 5.91 Å². The number of benzene rings is 2. The van der Waals surface area contributed by atoms with Gasteiger partial charge in [-0.05, 0) is 50.2 Å². The van der Waals surface area contributed by atoms with Crippen LogP contribution in [-0.2, 0) is 6.61 Å². The van der Waals surface area contributed by atoms with Gasteiger partial charge in [-0.15, -0.1) is 0 Å². The minimum Gasteiger partial charge on any atom is -0.489 e. The Morgan fingerprint density at radius 2 is 1.88 bits per heavy atom. The molecule has 0 bridgehead atoms. The number of halogens is 2. The third-order valence-corrected chi connectivity index (χ3v) is 4.22. The third kappa shape index (κ3) is 4.36. The summed E-state index contributed by atoms with van der Waals surface area (Å²) in [6.07, 6.45) is 0. The second-order valence-corrected chi connectivity index (χ2v) is 6.60. The molecule has 1 N–H and O–H groups in total. The van der Waals surface area contributed by atoms with Crippen molar-refractivity contribution in [3.63, 3.8) is 0 Å². The van der Waals surface area contributed by atoms with Crippen molar-refractivity contribution in [2.75, 3.05) is 5.32 Å². The van der Waals surface area contributed by atoms with E-state index in [4.69, 9.17) is 32.5 Å². The fourth-order valence-electron chi connectivity index (χ4n) is 2.42. The number of aromatic nitrogens is 1. The molecule has 1 heterocycles. The molecule has 3 rings (SSSR count). The number of hydrogen-bond donors (Lipinski definition) is 1. The number of nitrogens with zero attached hydrogens (tertiary/aromatic N) is 1. The van der Waals surface area contributed by atoms with Crippen molar-refractivity contribution in [2.45, 2.75) is 20.5 Å². The molecule has 1 aromatic heterocycles. The van der Waals surface area contributed by atoms with Gasteiger partial charge in [-0.25, -0.2) is 0 Å². The monoisotopic (exact) mass is 390 g/mol. The Morgan fingerprint density at radius 3 is 2.54 bits per heavy atom. The first-order chi connectivity index (χ1) is 12.4. The number of anilines is 1. The van der Waals surface area contributed by atoms with Crippen LogP contribution in [0.1, 0.15) is 27.4 Å². The van der Waals surface area contributed by atoms with Crippen LogP contribution in [0, 0.1) is 13.8 Å². The fraction of sp³-hybridized carbons (Fsp3) is 0.158. The largest absolute Gasteiger partial charge is 0.489 e. The molecule has 0 spiro atoms. The van der Waals surface area contributed by atoms with E-state index in [0.717, 1.165) is 11.3 Å². The molecule has 1 amide bonds. The van der Waals surface area contributed by atoms with Crippen molar-refractivity contribution in [1.82, 2.24) is 5.16 Å². The van der Waals surface area contributed by atoms with Crippen molar-refractivity contribution in [1.29, 1.82) is 0 Å². The van der Waals surface area contributed by atoms with Gasteiger partial charge in [0.2, 0.25) is 0 Å². The molecule has 0 aliphatic rings. The summed E-state index contributed by atoms with van der Waals surface area (Å²) >= 11 is 11.9. The zero-order valence-corrected chi connectivity index (χ0v) is 15.7. The van der Waals surface area contributed by atoms with Crippen LogP contribution in [0.3, 0.4) is 0 Å². The average Bonchev–Trinajstić information content (AvgIpc) is 2.90. The van der Waals surface area contributed by atoms with Gasteiger partial charge in [-0.1, -0.05) is 34.4 Å². The Balaban J connectivity index is 1.71. The topological polar surface area (TPSA) is 64.4 Å². The molecule has 0 unspecified atom stereocenters. The predicted octanol–water partition coefficient (Wildman–Crippen LogP) is 5.43. The summed E-state index contributed by atoms with van der Waals surface area (Å²) < 4.78 is 10.9. The highest BCUT2D eigenvalue weighted by molar-refractivity contribution is 6.35. The van der Waals surface area contributed by atoms with Crippen LogP contribution in [0.2, 0.25) is 10.0 Å². The molecule has 0 aliphatic heterocycles. The molecule has 0 saturated carbocycles. The maximum atomic E-state index is 12.5. The summed E-state index contributed by atoms with van der Waals surface area (Å²) in [4.78, 5) is 12.5. The summed E-state index contributed by atoms with van der Waals surface area (Å²) in [5, 5.41) is 7.56. The van der Waals surface area contributed by atoms with E-state index in [1.807, 2.05) is 13.8 Å². The highest BCUT2D eigenvalue weighted by atomic mass is 35.5. The van der Waals surface area contributed by atoms with Crippen LogP contribution < -0.4 is 10.1 Å². The van der Waals surface area contributed by atoms with Crippen LogP contribution in [-0.4, -0.2) is 11.1 Å². The molecular weight excluding hydrogens is 375 g/mol. The molecule has 134 valence electrons. The van der Waals surface area contributed by atoms with Gasteiger partial charge in [0.15, 0.2) is 0 Å². The van der Waals surface area contributed by atoms with Gasteiger partial charge in [-0.3, -0.25) is 4.79 Å². The molecule has 0 aliphatic carbocycles. The fourth-order valence-corrected chi connectivity index (χ4v) is 2.95. The molecule has 0 atom stereocenters. The van der Waals surface area contributed by atoms with Crippen molar-refractivity contribution in [2.24, 2.45) is 0 Å². The number of aryl methyl sites for hydroxylation is 2. The van der Waals surface area contributed by atoms with Crippen LogP contribution in [0.5, 0.6) is 5.75 Å². The number of amides is 1. The Bertz CT molecular complexity index is 914. The number of nitrogens with one attached hydrogen (secondary N) is 1. The van der Waals surface area contributed by atoms with Crippen LogP contribution in [0.25, 0.3) is 0 Å². The standard InChI is InChI=1S/C19H16Cl2N2O3/c1-11-18(12(2)26-23-11)10-25-17-5-3-4-13(6-17)19(24)22-16-8-14(20)7-15(21)9-16/h3-9H,10H2,1-2H3,(H,22,24). The maximum absolute atomic E-state index is 12.5. The normalized spacial score (nSPS) is 10.6. The summed E-state index contributed by atoms with van der Waals surface area (Å²) in [7, 11) is 0. The number of hydrogen-bond acceptors (Lipinski definition) is 4. The lowest BCUT2D eigenvalue weighted by Gasteiger charge is -2.09. The van der Waals surface area contributed by atoms with E-state index in [1.165, 1.54) is 0 Å². The lowest BCUT2D eigenvalue weighted by atomic mass is 10.2. The summed E-state index contributed by atoms with van der Waals surface area (Å²) in [6.45, 7) is 4.00. The van der Waals surface area contributed by atoms with E-state index >= 15 is 0 Å². The quantitative estimate of drug-likeness (QED) is 0.630. The van der Waals surface area contributed by atoms with E-state index < -0.39 is 0 Å². The minimum atomic E-state index is -0.286. The van der Waals surface area contributed by atoms with E-state index in [2.05, 4.69) is 10.5 Å². The predicted molar refractivity (Wildman–Crippen MR) is 101 cm³/mol. The third-order valence-electron chi connectivity index (χ3n) is 3.78. The van der Waals surface area contributed by atoms with E-state index in [0.29, 0.717) is 39.4 Å². The Morgan fingerprint density at radius 1 is 1.15 bits per heavy atom. The molecule has 26 heavy (non-hydrogen) atoms. The molecule has 2 aromatic carbocycles. The van der Waals surface area contributed by atoms with Gasteiger partial charge in [-0.2, -0.15) is 0 Å². The molecule has 0 saturated heterocycles. The van der Waals surface area contributed by atoms with Gasteiger partial charge >= 0.3 is 0 Å². The first-order valence-electron chi connectivity index (χ1n) is 7.84. The van der Waals surface area contributed by atoms with Gasteiger partial charge < -0.3 is 14.6 Å². The molecule has 5 nitrogen and oxygen atoms in total. The Kier molecular flexibility index (Phi) is 5.49. The van der Waals surface area contributed by atoms with Crippen LogP contribution in [0.15, 0.2) is 47.0 Å². The van der Waals surface area contributed by atoms with Gasteiger partial charge in [0.25, 0.3) is 5.91 Å². The SMILES string of the molecule is Cc1noc(C)c1COc1cccc(C(=O)Nc2cc(Cl)cc(Cl)c2)c1. The van der Waals surface area contributed by atoms with Gasteiger partial charge in [0.05, 0.1) is 11.3 Å². The molecule has 0 fully saturated rings. The van der Waals surface area contributed by atoms with Gasteiger partial charge in [0.1, 0.15) is 18.1 Å². The first-order valence-corrected chi connectivity index (χ1v) is 8.60. The lowest BCUT2D eigenvalue weighted by Crippen LogP contribution is -2.12. The molecule has 3 aromatic rings. The summed E-state index contributed by atoms with van der Waals surface area (Å²) in [5.74, 6) is 1.00. The van der Waals surface area contributed by atoms with Crippen molar-refractivity contribution in [3.8, 4) is 5.75 Å². The van der Waals surface area contributed by atoms with Crippen LogP contribution >= 0.6 is 23.2 Å². The van der Waals surface area contributed by atoms with Crippen molar-refractivity contribution < 1.29 is 14.1 Å². The van der Waals surface area contributed by atoms with Crippen molar-refractivity contribution >= 4 is 34.8 Å². The highest BCUT2D eigenvalue weighted by Gasteiger charge is 2.11. The number of ether oxygens (including phenoxy) is 1. The van der Waals surface area contributed by atoms with E-state index in [9.17, 15) is 4.79 Å². The maximum Gasteiger partial charge on any atom is 0.255 e. The number of carbonyl (C=O) groups excluding carboxylic acids is 1. The Labute approximate surface area is 160 Å². The number of carbonyl (C=O) groups is 1. The second-order valence-electron chi connectivity index (χ2n) is 5.73. The lowest BCUT2D eigenvalue weighted by molar-refractivity contribution is 0.102. The summed E-state index contributed by atoms with van der Waals surface area (Å²) in [5.41, 5.74) is 2.66. The molecule has 0 radical (unpaired) electrons. The average molecular weight is 391 g/mol.